The number of hydrogen-bond donors (Lipinski definition) is 1. The lowest BCUT2D eigenvalue weighted by atomic mass is 10.2. The molecule has 1 radical (unpaired) electrons. The van der Waals surface area contributed by atoms with Crippen LogP contribution >= 0.6 is 0 Å². The van der Waals surface area contributed by atoms with Crippen molar-refractivity contribution in [1.82, 2.24) is 4.90 Å². The first kappa shape index (κ1) is 11.0. The van der Waals surface area contributed by atoms with Crippen molar-refractivity contribution in [2.45, 2.75) is 38.1 Å². The third-order valence-corrected chi connectivity index (χ3v) is 2.82. The van der Waals surface area contributed by atoms with Crippen molar-refractivity contribution in [3.8, 4) is 0 Å². The van der Waals surface area contributed by atoms with Crippen LogP contribution < -0.4 is 0 Å². The van der Waals surface area contributed by atoms with Crippen molar-refractivity contribution in [3.05, 3.63) is 0 Å². The maximum Gasteiger partial charge on any atom is 0.0949 e. The van der Waals surface area contributed by atoms with E-state index in [0.717, 1.165) is 13.0 Å². The predicted molar refractivity (Wildman–Crippen MR) is 51.1 cm³/mol. The third kappa shape index (κ3) is 3.63. The average molecular weight is 186 g/mol. The molecule has 0 aromatic rings. The second-order valence-corrected chi connectivity index (χ2v) is 3.76. The lowest BCUT2D eigenvalue weighted by molar-refractivity contribution is 0.107. The molecule has 0 aliphatic heterocycles. The Morgan fingerprint density at radius 3 is 2.46 bits per heavy atom. The summed E-state index contributed by atoms with van der Waals surface area (Å²) in [6, 6.07) is 0.625. The second-order valence-electron chi connectivity index (χ2n) is 3.76. The summed E-state index contributed by atoms with van der Waals surface area (Å²) in [6.45, 7) is 1.78. The summed E-state index contributed by atoms with van der Waals surface area (Å²) in [5.41, 5.74) is 0. The molecule has 1 fully saturated rings. The molecule has 0 aromatic heterocycles. The van der Waals surface area contributed by atoms with Gasteiger partial charge in [-0.25, -0.2) is 5.11 Å². The smallest absolute Gasteiger partial charge is 0.0949 e. The van der Waals surface area contributed by atoms with Gasteiger partial charge in [-0.15, -0.1) is 0 Å². The van der Waals surface area contributed by atoms with Crippen LogP contribution in [0.5, 0.6) is 0 Å². The lowest BCUT2D eigenvalue weighted by Gasteiger charge is -2.27. The summed E-state index contributed by atoms with van der Waals surface area (Å²) in [5, 5.41) is 19.3. The molecule has 77 valence electrons. The Morgan fingerprint density at radius 1 is 1.23 bits per heavy atom. The van der Waals surface area contributed by atoms with Gasteiger partial charge in [-0.3, -0.25) is 4.90 Å². The number of rotatable bonds is 6. The Bertz CT molecular complexity index is 124. The fraction of sp³-hybridized carbons (Fsp3) is 1.00. The molecular weight excluding hydrogens is 166 g/mol. The predicted octanol–water partition coefficient (Wildman–Crippen LogP) is 1.04. The number of nitrogens with zero attached hydrogens (tertiary/aromatic N) is 1. The molecular formula is C10H20NO2. The quantitative estimate of drug-likeness (QED) is 0.673. The molecule has 0 saturated heterocycles. The van der Waals surface area contributed by atoms with E-state index in [0.29, 0.717) is 12.6 Å². The Balaban J connectivity index is 2.26. The molecule has 1 N–H and O–H groups in total. The van der Waals surface area contributed by atoms with E-state index >= 15 is 0 Å². The van der Waals surface area contributed by atoms with Gasteiger partial charge in [0.15, 0.2) is 0 Å². The minimum atomic E-state index is -0.0120. The molecule has 0 amide bonds. The van der Waals surface area contributed by atoms with Gasteiger partial charge >= 0.3 is 0 Å². The molecule has 0 aromatic carbocycles. The van der Waals surface area contributed by atoms with Crippen molar-refractivity contribution in [2.24, 2.45) is 0 Å². The molecule has 1 aliphatic rings. The van der Waals surface area contributed by atoms with Gasteiger partial charge in [0.05, 0.1) is 6.61 Å². The SMILES string of the molecule is [O]CCN(CCCO)C1CCCC1. The van der Waals surface area contributed by atoms with Gasteiger partial charge < -0.3 is 5.11 Å². The minimum absolute atomic E-state index is 0.0120. The van der Waals surface area contributed by atoms with Crippen LogP contribution in [0.15, 0.2) is 0 Å². The fourth-order valence-corrected chi connectivity index (χ4v) is 2.14. The molecule has 0 bridgehead atoms. The molecule has 0 atom stereocenters. The maximum atomic E-state index is 10.6. The number of aliphatic hydroxyl groups is 1. The first-order valence-electron chi connectivity index (χ1n) is 5.31. The van der Waals surface area contributed by atoms with Crippen molar-refractivity contribution in [2.75, 3.05) is 26.3 Å². The number of hydrogen-bond acceptors (Lipinski definition) is 2. The zero-order valence-corrected chi connectivity index (χ0v) is 8.24. The lowest BCUT2D eigenvalue weighted by Crippen LogP contribution is -2.36. The molecule has 1 aliphatic carbocycles. The Morgan fingerprint density at radius 2 is 1.92 bits per heavy atom. The van der Waals surface area contributed by atoms with E-state index in [1.54, 1.807) is 0 Å². The first-order chi connectivity index (χ1) is 6.38. The highest BCUT2D eigenvalue weighted by atomic mass is 16.3. The maximum absolute atomic E-state index is 10.6. The van der Waals surface area contributed by atoms with Crippen LogP contribution in [0, 0.1) is 0 Å². The van der Waals surface area contributed by atoms with Gasteiger partial charge in [0.25, 0.3) is 0 Å². The Kier molecular flexibility index (Phi) is 5.35. The summed E-state index contributed by atoms with van der Waals surface area (Å²) in [6.07, 6.45) is 5.89. The van der Waals surface area contributed by atoms with Gasteiger partial charge in [0.1, 0.15) is 0 Å². The average Bonchev–Trinajstić information content (AvgIpc) is 2.65. The Labute approximate surface area is 80.4 Å². The fourth-order valence-electron chi connectivity index (χ4n) is 2.14. The first-order valence-corrected chi connectivity index (χ1v) is 5.31. The number of aliphatic hydroxyl groups excluding tert-OH is 1. The van der Waals surface area contributed by atoms with E-state index in [-0.39, 0.29) is 13.2 Å². The molecule has 3 nitrogen and oxygen atoms in total. The van der Waals surface area contributed by atoms with Crippen molar-refractivity contribution >= 4 is 0 Å². The molecule has 0 spiro atoms. The van der Waals surface area contributed by atoms with Crippen LogP contribution in [0.4, 0.5) is 0 Å². The molecule has 0 heterocycles. The van der Waals surface area contributed by atoms with E-state index in [1.165, 1.54) is 25.7 Å². The third-order valence-electron chi connectivity index (χ3n) is 2.82. The van der Waals surface area contributed by atoms with Crippen LogP contribution in [0.3, 0.4) is 0 Å². The summed E-state index contributed by atoms with van der Waals surface area (Å²) in [5.74, 6) is 0. The molecule has 1 rings (SSSR count). The van der Waals surface area contributed by atoms with E-state index in [2.05, 4.69) is 4.90 Å². The van der Waals surface area contributed by atoms with Crippen LogP contribution in [0.25, 0.3) is 0 Å². The molecule has 1 saturated carbocycles. The van der Waals surface area contributed by atoms with Crippen LogP contribution in [-0.2, 0) is 5.11 Å². The largest absolute Gasteiger partial charge is 0.396 e. The van der Waals surface area contributed by atoms with E-state index < -0.39 is 0 Å². The Hall–Kier alpha value is -0.120. The highest BCUT2D eigenvalue weighted by Gasteiger charge is 2.21. The highest BCUT2D eigenvalue weighted by Crippen LogP contribution is 2.23. The van der Waals surface area contributed by atoms with Crippen molar-refractivity contribution in [1.29, 1.82) is 0 Å². The summed E-state index contributed by atoms with van der Waals surface area (Å²) in [7, 11) is 0. The normalized spacial score (nSPS) is 18.7. The van der Waals surface area contributed by atoms with Crippen LogP contribution in [0.2, 0.25) is 0 Å². The molecule has 13 heavy (non-hydrogen) atoms. The molecule has 3 heteroatoms. The van der Waals surface area contributed by atoms with Gasteiger partial charge in [-0.2, -0.15) is 0 Å². The summed E-state index contributed by atoms with van der Waals surface area (Å²) in [4.78, 5) is 2.26. The zero-order chi connectivity index (χ0) is 9.52. The second kappa shape index (κ2) is 6.35. The van der Waals surface area contributed by atoms with E-state index in [9.17, 15) is 5.11 Å². The van der Waals surface area contributed by atoms with Crippen LogP contribution in [0.1, 0.15) is 32.1 Å². The summed E-state index contributed by atoms with van der Waals surface area (Å²) < 4.78 is 0. The topological polar surface area (TPSA) is 43.4 Å². The van der Waals surface area contributed by atoms with Gasteiger partial charge in [0.2, 0.25) is 0 Å². The van der Waals surface area contributed by atoms with Crippen LogP contribution in [-0.4, -0.2) is 42.4 Å². The zero-order valence-electron chi connectivity index (χ0n) is 8.24. The molecule has 0 unspecified atom stereocenters. The van der Waals surface area contributed by atoms with Gasteiger partial charge in [-0.05, 0) is 19.3 Å². The standard InChI is InChI=1S/C10H20NO2/c12-8-3-6-11(7-9-13)10-4-1-2-5-10/h10,12H,1-9H2. The van der Waals surface area contributed by atoms with Crippen molar-refractivity contribution in [3.63, 3.8) is 0 Å². The van der Waals surface area contributed by atoms with Gasteiger partial charge in [0, 0.05) is 25.7 Å². The summed E-state index contributed by atoms with van der Waals surface area (Å²) >= 11 is 0. The monoisotopic (exact) mass is 186 g/mol. The van der Waals surface area contributed by atoms with E-state index in [4.69, 9.17) is 5.11 Å². The van der Waals surface area contributed by atoms with Crippen molar-refractivity contribution < 1.29 is 10.2 Å². The van der Waals surface area contributed by atoms with Gasteiger partial charge in [-0.1, -0.05) is 12.8 Å². The minimum Gasteiger partial charge on any atom is -0.396 e. The van der Waals surface area contributed by atoms with E-state index in [1.807, 2.05) is 0 Å². The highest BCUT2D eigenvalue weighted by molar-refractivity contribution is 4.77.